The van der Waals surface area contributed by atoms with Crippen molar-refractivity contribution in [1.29, 1.82) is 0 Å². The van der Waals surface area contributed by atoms with Gasteiger partial charge >= 0.3 is 0 Å². The predicted molar refractivity (Wildman–Crippen MR) is 107 cm³/mol. The molecule has 0 saturated carbocycles. The lowest BCUT2D eigenvalue weighted by Gasteiger charge is -2.07. The first-order valence-electron chi connectivity index (χ1n) is 8.57. The number of fused-ring (bicyclic) bond motifs is 1. The van der Waals surface area contributed by atoms with Gasteiger partial charge in [0.15, 0.2) is 0 Å². The number of benzene rings is 2. The zero-order valence-electron chi connectivity index (χ0n) is 14.2. The molecule has 1 aromatic heterocycles. The summed E-state index contributed by atoms with van der Waals surface area (Å²) in [5.74, 6) is 0.864. The Morgan fingerprint density at radius 2 is 1.72 bits per heavy atom. The Morgan fingerprint density at radius 1 is 1.00 bits per heavy atom. The summed E-state index contributed by atoms with van der Waals surface area (Å²) < 4.78 is 5.54. The van der Waals surface area contributed by atoms with Crippen molar-refractivity contribution in [3.63, 3.8) is 0 Å². The van der Waals surface area contributed by atoms with Crippen molar-refractivity contribution in [3.05, 3.63) is 52.0 Å². The Hall–Kier alpha value is -1.68. The summed E-state index contributed by atoms with van der Waals surface area (Å²) in [4.78, 5) is 3.48. The number of aromatic nitrogens is 1. The van der Waals surface area contributed by atoms with E-state index in [2.05, 4.69) is 17.1 Å². The number of unbranched alkanes of at least 4 members (excludes halogenated alkanes) is 1. The van der Waals surface area contributed by atoms with Crippen LogP contribution in [0.2, 0.25) is 10.0 Å². The number of aromatic amines is 1. The molecule has 3 aromatic rings. The van der Waals surface area contributed by atoms with Crippen LogP contribution in [0.3, 0.4) is 0 Å². The Labute approximate surface area is 158 Å². The van der Waals surface area contributed by atoms with Crippen LogP contribution in [0.5, 0.6) is 5.75 Å². The number of ether oxygens (including phenoxy) is 1. The largest absolute Gasteiger partial charge is 0.494 e. The van der Waals surface area contributed by atoms with E-state index < -0.39 is 0 Å². The minimum absolute atomic E-state index is 0.654. The number of aryl methyl sites for hydroxylation is 1. The van der Waals surface area contributed by atoms with Crippen LogP contribution in [-0.2, 0) is 6.42 Å². The van der Waals surface area contributed by atoms with Crippen molar-refractivity contribution in [2.45, 2.75) is 26.2 Å². The molecule has 1 heterocycles. The lowest BCUT2D eigenvalue weighted by molar-refractivity contribution is 0.340. The summed E-state index contributed by atoms with van der Waals surface area (Å²) in [6.07, 6.45) is 2.89. The number of rotatable bonds is 7. The van der Waals surface area contributed by atoms with Crippen molar-refractivity contribution >= 4 is 34.1 Å². The highest BCUT2D eigenvalue weighted by Gasteiger charge is 2.17. The third kappa shape index (κ3) is 3.79. The molecule has 0 aliphatic rings. The average molecular weight is 377 g/mol. The summed E-state index contributed by atoms with van der Waals surface area (Å²) in [7, 11) is 0. The minimum atomic E-state index is 0.654. The van der Waals surface area contributed by atoms with E-state index in [1.54, 1.807) is 0 Å². The summed E-state index contributed by atoms with van der Waals surface area (Å²) in [5, 5.41) is 2.40. The third-order valence-corrected chi connectivity index (χ3v) is 4.92. The smallest absolute Gasteiger partial charge is 0.119 e. The van der Waals surface area contributed by atoms with Gasteiger partial charge in [0.2, 0.25) is 0 Å². The lowest BCUT2D eigenvalue weighted by atomic mass is 10.00. The standard InChI is InChI=1S/C20H22Cl2N2O/c1-2-25-14-8-6-13(7-9-14)19-15(5-3-4-12-23)18-16(21)10-11-17(22)20(18)24-19/h6-11,24H,2-5,12,23H2,1H3. The van der Waals surface area contributed by atoms with Crippen LogP contribution in [-0.4, -0.2) is 18.1 Å². The fraction of sp³-hybridized carbons (Fsp3) is 0.300. The van der Waals surface area contributed by atoms with Gasteiger partial charge in [0, 0.05) is 11.1 Å². The molecule has 0 amide bonds. The molecule has 0 atom stereocenters. The molecule has 3 N–H and O–H groups in total. The summed E-state index contributed by atoms with van der Waals surface area (Å²) >= 11 is 12.9. The molecule has 5 heteroatoms. The Morgan fingerprint density at radius 3 is 2.40 bits per heavy atom. The van der Waals surface area contributed by atoms with Crippen LogP contribution in [0, 0.1) is 0 Å². The molecule has 0 aliphatic heterocycles. The summed E-state index contributed by atoms with van der Waals surface area (Å²) in [6, 6.07) is 11.8. The molecule has 0 aliphatic carbocycles. The first-order valence-corrected chi connectivity index (χ1v) is 9.33. The van der Waals surface area contributed by atoms with Gasteiger partial charge in [0.25, 0.3) is 0 Å². The quantitative estimate of drug-likeness (QED) is 0.510. The van der Waals surface area contributed by atoms with Crippen molar-refractivity contribution in [3.8, 4) is 17.0 Å². The van der Waals surface area contributed by atoms with Crippen molar-refractivity contribution in [2.24, 2.45) is 5.73 Å². The van der Waals surface area contributed by atoms with E-state index >= 15 is 0 Å². The highest BCUT2D eigenvalue weighted by atomic mass is 35.5. The van der Waals surface area contributed by atoms with Crippen LogP contribution in [0.4, 0.5) is 0 Å². The van der Waals surface area contributed by atoms with Crippen molar-refractivity contribution < 1.29 is 4.74 Å². The molecule has 2 aromatic carbocycles. The van der Waals surface area contributed by atoms with E-state index in [9.17, 15) is 0 Å². The fourth-order valence-corrected chi connectivity index (χ4v) is 3.60. The van der Waals surface area contributed by atoms with E-state index in [1.807, 2.05) is 31.2 Å². The first-order chi connectivity index (χ1) is 12.2. The lowest BCUT2D eigenvalue weighted by Crippen LogP contribution is -1.99. The number of nitrogens with one attached hydrogen (secondary N) is 1. The molecule has 0 unspecified atom stereocenters. The molecule has 0 fully saturated rings. The fourth-order valence-electron chi connectivity index (χ4n) is 3.12. The maximum absolute atomic E-state index is 6.49. The molecular weight excluding hydrogens is 355 g/mol. The Balaban J connectivity index is 2.10. The van der Waals surface area contributed by atoms with Gasteiger partial charge in [-0.3, -0.25) is 0 Å². The number of hydrogen-bond donors (Lipinski definition) is 2. The Kier molecular flexibility index (Phi) is 5.89. The van der Waals surface area contributed by atoms with Gasteiger partial charge in [-0.1, -0.05) is 23.2 Å². The minimum Gasteiger partial charge on any atom is -0.494 e. The second-order valence-electron chi connectivity index (χ2n) is 5.96. The van der Waals surface area contributed by atoms with E-state index in [0.29, 0.717) is 18.2 Å². The average Bonchev–Trinajstić information content (AvgIpc) is 3.00. The maximum Gasteiger partial charge on any atom is 0.119 e. The molecule has 25 heavy (non-hydrogen) atoms. The monoisotopic (exact) mass is 376 g/mol. The van der Waals surface area contributed by atoms with Crippen LogP contribution in [0.1, 0.15) is 25.3 Å². The van der Waals surface area contributed by atoms with Gasteiger partial charge in [0.05, 0.1) is 22.2 Å². The SMILES string of the molecule is CCOc1ccc(-c2[nH]c3c(Cl)ccc(Cl)c3c2CCCCN)cc1. The van der Waals surface area contributed by atoms with E-state index in [4.69, 9.17) is 33.7 Å². The van der Waals surface area contributed by atoms with Gasteiger partial charge in [-0.05, 0) is 80.3 Å². The van der Waals surface area contributed by atoms with Crippen LogP contribution in [0.15, 0.2) is 36.4 Å². The van der Waals surface area contributed by atoms with Gasteiger partial charge in [-0.15, -0.1) is 0 Å². The van der Waals surface area contributed by atoms with Crippen molar-refractivity contribution in [2.75, 3.05) is 13.2 Å². The van der Waals surface area contributed by atoms with Crippen LogP contribution >= 0.6 is 23.2 Å². The van der Waals surface area contributed by atoms with Gasteiger partial charge in [0.1, 0.15) is 5.75 Å². The third-order valence-electron chi connectivity index (χ3n) is 4.29. The first kappa shape index (κ1) is 18.1. The second-order valence-corrected chi connectivity index (χ2v) is 6.78. The summed E-state index contributed by atoms with van der Waals surface area (Å²) in [6.45, 7) is 3.32. The zero-order chi connectivity index (χ0) is 17.8. The zero-order valence-corrected chi connectivity index (χ0v) is 15.8. The molecule has 0 bridgehead atoms. The van der Waals surface area contributed by atoms with Crippen LogP contribution < -0.4 is 10.5 Å². The molecule has 3 rings (SSSR count). The van der Waals surface area contributed by atoms with E-state index in [1.165, 1.54) is 5.56 Å². The molecule has 132 valence electrons. The van der Waals surface area contributed by atoms with Crippen LogP contribution in [0.25, 0.3) is 22.2 Å². The number of hydrogen-bond acceptors (Lipinski definition) is 2. The normalized spacial score (nSPS) is 11.2. The molecule has 0 radical (unpaired) electrons. The summed E-state index contributed by atoms with van der Waals surface area (Å²) in [5.41, 5.74) is 9.90. The number of H-pyrrole nitrogens is 1. The van der Waals surface area contributed by atoms with Gasteiger partial charge < -0.3 is 15.5 Å². The molecule has 0 saturated heterocycles. The highest BCUT2D eigenvalue weighted by Crippen LogP contribution is 2.39. The topological polar surface area (TPSA) is 51.0 Å². The predicted octanol–water partition coefficient (Wildman–Crippen LogP) is 5.82. The molecule has 3 nitrogen and oxygen atoms in total. The van der Waals surface area contributed by atoms with Gasteiger partial charge in [-0.25, -0.2) is 0 Å². The molecular formula is C20H22Cl2N2O. The molecule has 0 spiro atoms. The Bertz CT molecular complexity index is 856. The maximum atomic E-state index is 6.49. The van der Waals surface area contributed by atoms with Gasteiger partial charge in [-0.2, -0.15) is 0 Å². The van der Waals surface area contributed by atoms with Crippen molar-refractivity contribution in [1.82, 2.24) is 4.98 Å². The second kappa shape index (κ2) is 8.13. The van der Waals surface area contributed by atoms with E-state index in [0.717, 1.165) is 52.2 Å². The highest BCUT2D eigenvalue weighted by molar-refractivity contribution is 6.40. The number of nitrogens with two attached hydrogens (primary N) is 1. The number of halogens is 2. The van der Waals surface area contributed by atoms with E-state index in [-0.39, 0.29) is 0 Å².